The van der Waals surface area contributed by atoms with Gasteiger partial charge in [0, 0.05) is 20.8 Å². The molecule has 3 rings (SSSR count). The Morgan fingerprint density at radius 2 is 1.79 bits per heavy atom. The number of esters is 3. The number of nitrogens with zero attached hydrogens (tertiary/aromatic N) is 4. The van der Waals surface area contributed by atoms with E-state index in [4.69, 9.17) is 24.7 Å². The first kappa shape index (κ1) is 19.5. The number of fused-ring (bicyclic) bond motifs is 1. The van der Waals surface area contributed by atoms with Crippen molar-refractivity contribution >= 4 is 35.0 Å². The van der Waals surface area contributed by atoms with Crippen LogP contribution in [0.5, 0.6) is 0 Å². The van der Waals surface area contributed by atoms with E-state index in [1.807, 2.05) is 0 Å². The van der Waals surface area contributed by atoms with Crippen molar-refractivity contribution in [2.24, 2.45) is 0 Å². The number of hydrogen-bond donors (Lipinski definition) is 1. The second-order valence-corrected chi connectivity index (χ2v) is 6.10. The van der Waals surface area contributed by atoms with E-state index in [0.717, 1.165) is 0 Å². The van der Waals surface area contributed by atoms with E-state index in [1.165, 1.54) is 37.9 Å². The molecular weight excluding hydrogens is 374 g/mol. The molecule has 1 aliphatic rings. The van der Waals surface area contributed by atoms with Crippen molar-refractivity contribution in [2.45, 2.75) is 45.3 Å². The lowest BCUT2D eigenvalue weighted by Gasteiger charge is -2.23. The summed E-state index contributed by atoms with van der Waals surface area (Å²) in [4.78, 5) is 46.6. The molecule has 12 nitrogen and oxygen atoms in total. The molecule has 0 bridgehead atoms. The Hall–Kier alpha value is -3.28. The van der Waals surface area contributed by atoms with Gasteiger partial charge in [-0.25, -0.2) is 9.97 Å². The van der Waals surface area contributed by atoms with Gasteiger partial charge in [-0.05, 0) is 0 Å². The third kappa shape index (κ3) is 4.01. The van der Waals surface area contributed by atoms with Crippen LogP contribution in [0.15, 0.2) is 12.5 Å². The highest BCUT2D eigenvalue weighted by Crippen LogP contribution is 2.35. The van der Waals surface area contributed by atoms with Crippen LogP contribution in [0.3, 0.4) is 0 Å². The van der Waals surface area contributed by atoms with E-state index in [0.29, 0.717) is 11.2 Å². The third-order valence-corrected chi connectivity index (χ3v) is 3.95. The normalized spacial score (nSPS) is 24.1. The molecule has 0 aromatic carbocycles. The van der Waals surface area contributed by atoms with Gasteiger partial charge in [0.05, 0.1) is 12.5 Å². The lowest BCUT2D eigenvalue weighted by molar-refractivity contribution is -0.166. The van der Waals surface area contributed by atoms with Crippen LogP contribution in [0.1, 0.15) is 27.0 Å². The highest BCUT2D eigenvalue weighted by atomic mass is 16.7. The van der Waals surface area contributed by atoms with Crippen LogP contribution in [-0.2, 0) is 33.3 Å². The Morgan fingerprint density at radius 3 is 2.43 bits per heavy atom. The summed E-state index contributed by atoms with van der Waals surface area (Å²) in [5.41, 5.74) is 6.43. The summed E-state index contributed by atoms with van der Waals surface area (Å²) in [6, 6.07) is 0. The number of imidazole rings is 1. The molecule has 0 radical (unpaired) electrons. The second kappa shape index (κ2) is 7.76. The van der Waals surface area contributed by atoms with E-state index >= 15 is 0 Å². The SMILES string of the molecule is CC(=O)OC[C@@H]1O[C@@H](n2cnc3cnc(N)nc32)[C@@H](OC(C)=O)[C@H]1OC(C)=O. The summed E-state index contributed by atoms with van der Waals surface area (Å²) >= 11 is 0. The average Bonchev–Trinajstić information content (AvgIpc) is 3.14. The number of aromatic nitrogens is 4. The minimum absolute atomic E-state index is 0.0179. The van der Waals surface area contributed by atoms with Gasteiger partial charge in [-0.15, -0.1) is 0 Å². The van der Waals surface area contributed by atoms with Gasteiger partial charge in [0.1, 0.15) is 18.2 Å². The van der Waals surface area contributed by atoms with Crippen LogP contribution in [0, 0.1) is 0 Å². The minimum atomic E-state index is -1.03. The lowest BCUT2D eigenvalue weighted by Crippen LogP contribution is -2.40. The zero-order valence-electron chi connectivity index (χ0n) is 15.4. The van der Waals surface area contributed by atoms with Gasteiger partial charge in [-0.1, -0.05) is 0 Å². The van der Waals surface area contributed by atoms with E-state index < -0.39 is 42.4 Å². The average molecular weight is 393 g/mol. The first-order valence-electron chi connectivity index (χ1n) is 8.34. The topological polar surface area (TPSA) is 158 Å². The predicted octanol–water partition coefficient (Wildman–Crippen LogP) is -0.268. The molecule has 4 atom stereocenters. The molecule has 0 amide bonds. The highest BCUT2D eigenvalue weighted by molar-refractivity contribution is 5.71. The quantitative estimate of drug-likeness (QED) is 0.526. The summed E-state index contributed by atoms with van der Waals surface area (Å²) in [5, 5.41) is 0. The fraction of sp³-hybridized carbons (Fsp3) is 0.500. The van der Waals surface area contributed by atoms with Crippen molar-refractivity contribution in [3.8, 4) is 0 Å². The van der Waals surface area contributed by atoms with Crippen LogP contribution in [0.25, 0.3) is 11.2 Å². The Morgan fingerprint density at radius 1 is 1.11 bits per heavy atom. The summed E-state index contributed by atoms with van der Waals surface area (Å²) in [7, 11) is 0. The summed E-state index contributed by atoms with van der Waals surface area (Å²) < 4.78 is 23.1. The molecule has 3 heterocycles. The molecular formula is C16H19N5O7. The Balaban J connectivity index is 2.00. The molecule has 12 heteroatoms. The predicted molar refractivity (Wildman–Crippen MR) is 91.4 cm³/mol. The van der Waals surface area contributed by atoms with E-state index in [-0.39, 0.29) is 12.6 Å². The first-order chi connectivity index (χ1) is 13.3. The lowest BCUT2D eigenvalue weighted by atomic mass is 10.1. The monoisotopic (exact) mass is 393 g/mol. The first-order valence-corrected chi connectivity index (χ1v) is 8.34. The van der Waals surface area contributed by atoms with Crippen molar-refractivity contribution in [1.82, 2.24) is 19.5 Å². The maximum atomic E-state index is 11.7. The Kier molecular flexibility index (Phi) is 5.40. The van der Waals surface area contributed by atoms with Gasteiger partial charge in [-0.3, -0.25) is 19.0 Å². The molecule has 150 valence electrons. The third-order valence-electron chi connectivity index (χ3n) is 3.95. The number of nitrogens with two attached hydrogens (primary N) is 1. The summed E-state index contributed by atoms with van der Waals surface area (Å²) in [6.07, 6.45) is -1.02. The number of hydrogen-bond acceptors (Lipinski definition) is 11. The maximum absolute atomic E-state index is 11.7. The van der Waals surface area contributed by atoms with Gasteiger partial charge < -0.3 is 24.7 Å². The number of carbonyl (C=O) groups is 3. The molecule has 0 saturated carbocycles. The molecule has 2 N–H and O–H groups in total. The molecule has 1 aliphatic heterocycles. The molecule has 1 saturated heterocycles. The maximum Gasteiger partial charge on any atom is 0.303 e. The summed E-state index contributed by atoms with van der Waals surface area (Å²) in [6.45, 7) is 3.46. The Bertz CT molecular complexity index is 914. The van der Waals surface area contributed by atoms with Crippen LogP contribution in [0.2, 0.25) is 0 Å². The van der Waals surface area contributed by atoms with Crippen molar-refractivity contribution in [1.29, 1.82) is 0 Å². The van der Waals surface area contributed by atoms with Crippen molar-refractivity contribution < 1.29 is 33.3 Å². The fourth-order valence-corrected chi connectivity index (χ4v) is 2.94. The Labute approximate surface area is 158 Å². The molecule has 0 spiro atoms. The van der Waals surface area contributed by atoms with Crippen LogP contribution >= 0.6 is 0 Å². The number of ether oxygens (including phenoxy) is 4. The minimum Gasteiger partial charge on any atom is -0.463 e. The molecule has 1 fully saturated rings. The van der Waals surface area contributed by atoms with Gasteiger partial charge in [0.15, 0.2) is 24.1 Å². The van der Waals surface area contributed by atoms with Crippen LogP contribution in [0.4, 0.5) is 5.95 Å². The zero-order chi connectivity index (χ0) is 20.4. The number of nitrogen functional groups attached to an aromatic ring is 1. The molecule has 2 aromatic heterocycles. The van der Waals surface area contributed by atoms with Gasteiger partial charge in [0.25, 0.3) is 0 Å². The molecule has 28 heavy (non-hydrogen) atoms. The van der Waals surface area contributed by atoms with Crippen LogP contribution in [-0.4, -0.2) is 62.3 Å². The number of anilines is 1. The largest absolute Gasteiger partial charge is 0.463 e. The number of rotatable bonds is 5. The van der Waals surface area contributed by atoms with Crippen molar-refractivity contribution in [3.63, 3.8) is 0 Å². The van der Waals surface area contributed by atoms with Gasteiger partial charge in [0.2, 0.25) is 5.95 Å². The van der Waals surface area contributed by atoms with Crippen molar-refractivity contribution in [2.75, 3.05) is 12.3 Å². The zero-order valence-corrected chi connectivity index (χ0v) is 15.4. The number of carbonyl (C=O) groups excluding carboxylic acids is 3. The molecule has 0 aliphatic carbocycles. The van der Waals surface area contributed by atoms with Crippen molar-refractivity contribution in [3.05, 3.63) is 12.5 Å². The molecule has 2 aromatic rings. The highest BCUT2D eigenvalue weighted by Gasteiger charge is 2.51. The second-order valence-electron chi connectivity index (χ2n) is 6.10. The molecule has 0 unspecified atom stereocenters. The van der Waals surface area contributed by atoms with E-state index in [9.17, 15) is 14.4 Å². The van der Waals surface area contributed by atoms with Gasteiger partial charge in [-0.2, -0.15) is 4.98 Å². The van der Waals surface area contributed by atoms with E-state index in [1.54, 1.807) is 0 Å². The van der Waals surface area contributed by atoms with Gasteiger partial charge >= 0.3 is 17.9 Å². The standard InChI is InChI=1S/C16H19N5O7/c1-7(22)25-5-11-12(26-8(2)23)13(27-9(3)24)15(28-11)21-6-19-10-4-18-16(17)20-14(10)21/h4,6,11-13,15H,5H2,1-3H3,(H2,17,18,20)/t11-,12-,13-,15+/m0/s1. The van der Waals surface area contributed by atoms with E-state index in [2.05, 4.69) is 15.0 Å². The fourth-order valence-electron chi connectivity index (χ4n) is 2.94. The smallest absolute Gasteiger partial charge is 0.303 e. The van der Waals surface area contributed by atoms with Crippen LogP contribution < -0.4 is 5.73 Å². The summed E-state index contributed by atoms with van der Waals surface area (Å²) in [5.74, 6) is -1.74.